The van der Waals surface area contributed by atoms with Crippen molar-refractivity contribution in [3.8, 4) is 5.75 Å². The van der Waals surface area contributed by atoms with E-state index in [-0.39, 0.29) is 5.91 Å². The molecule has 0 heterocycles. The van der Waals surface area contributed by atoms with Gasteiger partial charge >= 0.3 is 0 Å². The van der Waals surface area contributed by atoms with Gasteiger partial charge in [0.25, 0.3) is 0 Å². The van der Waals surface area contributed by atoms with Gasteiger partial charge in [-0.15, -0.1) is 0 Å². The van der Waals surface area contributed by atoms with Crippen LogP contribution in [-0.2, 0) is 11.3 Å². The lowest BCUT2D eigenvalue weighted by Crippen LogP contribution is -2.42. The number of methoxy groups -OCH3 is 1. The Morgan fingerprint density at radius 3 is 2.56 bits per heavy atom. The molecule has 0 aromatic heterocycles. The minimum absolute atomic E-state index is 0.0379. The highest BCUT2D eigenvalue weighted by molar-refractivity contribution is 5.82. The van der Waals surface area contributed by atoms with Crippen molar-refractivity contribution < 1.29 is 9.53 Å². The third-order valence-corrected chi connectivity index (χ3v) is 3.04. The van der Waals surface area contributed by atoms with Gasteiger partial charge in [-0.2, -0.15) is 0 Å². The number of rotatable bonds is 5. The summed E-state index contributed by atoms with van der Waals surface area (Å²) in [5, 5.41) is 0. The fourth-order valence-electron chi connectivity index (χ4n) is 1.76. The van der Waals surface area contributed by atoms with Gasteiger partial charge in [-0.3, -0.25) is 4.79 Å². The smallest absolute Gasteiger partial charge is 0.229 e. The average Bonchev–Trinajstić information content (AvgIpc) is 2.38. The lowest BCUT2D eigenvalue weighted by atomic mass is 9.92. The summed E-state index contributed by atoms with van der Waals surface area (Å²) in [7, 11) is 3.41. The van der Waals surface area contributed by atoms with Crippen molar-refractivity contribution in [3.05, 3.63) is 29.8 Å². The lowest BCUT2D eigenvalue weighted by molar-refractivity contribution is -0.139. The minimum atomic E-state index is -0.531. The Kier molecular flexibility index (Phi) is 4.73. The molecule has 0 spiro atoms. The van der Waals surface area contributed by atoms with Crippen LogP contribution >= 0.6 is 0 Å². The van der Waals surface area contributed by atoms with Gasteiger partial charge in [0, 0.05) is 25.7 Å². The summed E-state index contributed by atoms with van der Waals surface area (Å²) >= 11 is 0. The fraction of sp³-hybridized carbons (Fsp3) is 0.500. The molecule has 1 aromatic carbocycles. The number of hydrogen-bond donors (Lipinski definition) is 1. The third-order valence-electron chi connectivity index (χ3n) is 3.04. The second-order valence-corrected chi connectivity index (χ2v) is 5.06. The molecule has 0 saturated heterocycles. The van der Waals surface area contributed by atoms with Crippen LogP contribution in [-0.4, -0.2) is 31.5 Å². The van der Waals surface area contributed by atoms with Gasteiger partial charge in [0.15, 0.2) is 0 Å². The number of para-hydroxylation sites is 1. The average molecular weight is 250 g/mol. The van der Waals surface area contributed by atoms with Gasteiger partial charge in [0.1, 0.15) is 5.75 Å². The van der Waals surface area contributed by atoms with Gasteiger partial charge < -0.3 is 15.4 Å². The number of nitrogens with two attached hydrogens (primary N) is 1. The number of nitrogens with zero attached hydrogens (tertiary/aromatic N) is 1. The standard InChI is InChI=1S/C14H22N2O2/c1-14(2,10-15)13(17)16(3)9-11-7-5-6-8-12(11)18-4/h5-8H,9-10,15H2,1-4H3. The van der Waals surface area contributed by atoms with Gasteiger partial charge in [-0.25, -0.2) is 0 Å². The predicted molar refractivity (Wildman–Crippen MR) is 72.3 cm³/mol. The first kappa shape index (κ1) is 14.5. The summed E-state index contributed by atoms with van der Waals surface area (Å²) in [5.41, 5.74) is 6.08. The van der Waals surface area contributed by atoms with Gasteiger partial charge in [0.05, 0.1) is 12.5 Å². The Bertz CT molecular complexity index is 416. The molecule has 1 aromatic rings. The molecule has 0 aliphatic heterocycles. The molecule has 0 aliphatic carbocycles. The number of ether oxygens (including phenoxy) is 1. The molecule has 1 amide bonds. The second kappa shape index (κ2) is 5.87. The van der Waals surface area contributed by atoms with Crippen LogP contribution in [0.15, 0.2) is 24.3 Å². The number of carbonyl (C=O) groups is 1. The molecule has 0 aliphatic rings. The highest BCUT2D eigenvalue weighted by atomic mass is 16.5. The highest BCUT2D eigenvalue weighted by Crippen LogP contribution is 2.22. The summed E-state index contributed by atoms with van der Waals surface area (Å²) < 4.78 is 5.28. The molecule has 2 N–H and O–H groups in total. The van der Waals surface area contributed by atoms with E-state index in [0.717, 1.165) is 11.3 Å². The first-order chi connectivity index (χ1) is 8.42. The first-order valence-corrected chi connectivity index (χ1v) is 6.00. The molecule has 0 radical (unpaired) electrons. The summed E-state index contributed by atoms with van der Waals surface area (Å²) in [6.07, 6.45) is 0. The van der Waals surface area contributed by atoms with Crippen molar-refractivity contribution in [1.29, 1.82) is 0 Å². The van der Waals surface area contributed by atoms with Crippen molar-refractivity contribution in [2.45, 2.75) is 20.4 Å². The fourth-order valence-corrected chi connectivity index (χ4v) is 1.76. The van der Waals surface area contributed by atoms with Gasteiger partial charge in [-0.05, 0) is 19.9 Å². The van der Waals surface area contributed by atoms with E-state index in [9.17, 15) is 4.79 Å². The molecule has 4 heteroatoms. The molecule has 0 unspecified atom stereocenters. The van der Waals surface area contributed by atoms with E-state index in [1.165, 1.54) is 0 Å². The van der Waals surface area contributed by atoms with Crippen molar-refractivity contribution in [1.82, 2.24) is 4.90 Å². The van der Waals surface area contributed by atoms with Crippen LogP contribution in [0.2, 0.25) is 0 Å². The van der Waals surface area contributed by atoms with Crippen LogP contribution < -0.4 is 10.5 Å². The maximum atomic E-state index is 12.2. The van der Waals surface area contributed by atoms with E-state index in [1.54, 1.807) is 19.1 Å². The van der Waals surface area contributed by atoms with Crippen LogP contribution in [0.4, 0.5) is 0 Å². The number of carbonyl (C=O) groups excluding carboxylic acids is 1. The quantitative estimate of drug-likeness (QED) is 0.864. The maximum absolute atomic E-state index is 12.2. The highest BCUT2D eigenvalue weighted by Gasteiger charge is 2.29. The largest absolute Gasteiger partial charge is 0.496 e. The van der Waals surface area contributed by atoms with E-state index in [1.807, 2.05) is 38.1 Å². The third kappa shape index (κ3) is 3.23. The molecular weight excluding hydrogens is 228 g/mol. The molecule has 4 nitrogen and oxygen atoms in total. The van der Waals surface area contributed by atoms with Crippen molar-refractivity contribution in [2.75, 3.05) is 20.7 Å². The summed E-state index contributed by atoms with van der Waals surface area (Å²) in [6, 6.07) is 7.69. The van der Waals surface area contributed by atoms with Gasteiger partial charge in [-0.1, -0.05) is 18.2 Å². The second-order valence-electron chi connectivity index (χ2n) is 5.06. The van der Waals surface area contributed by atoms with E-state index >= 15 is 0 Å². The van der Waals surface area contributed by atoms with Crippen LogP contribution in [0.5, 0.6) is 5.75 Å². The van der Waals surface area contributed by atoms with Crippen molar-refractivity contribution >= 4 is 5.91 Å². The van der Waals surface area contributed by atoms with Crippen molar-refractivity contribution in [2.24, 2.45) is 11.1 Å². The zero-order chi connectivity index (χ0) is 13.8. The van der Waals surface area contributed by atoms with E-state index in [2.05, 4.69) is 0 Å². The summed E-state index contributed by atoms with van der Waals surface area (Å²) in [5.74, 6) is 0.832. The Morgan fingerprint density at radius 1 is 1.39 bits per heavy atom. The summed E-state index contributed by atoms with van der Waals surface area (Å²) in [4.78, 5) is 13.9. The van der Waals surface area contributed by atoms with Crippen LogP contribution in [0.1, 0.15) is 19.4 Å². The predicted octanol–water partition coefficient (Wildman–Crippen LogP) is 1.64. The van der Waals surface area contributed by atoms with E-state index in [0.29, 0.717) is 13.1 Å². The Labute approximate surface area is 109 Å². The maximum Gasteiger partial charge on any atom is 0.229 e. The monoisotopic (exact) mass is 250 g/mol. The van der Waals surface area contributed by atoms with Crippen LogP contribution in [0, 0.1) is 5.41 Å². The molecule has 0 atom stereocenters. The molecule has 18 heavy (non-hydrogen) atoms. The van der Waals surface area contributed by atoms with Gasteiger partial charge in [0.2, 0.25) is 5.91 Å². The topological polar surface area (TPSA) is 55.6 Å². The number of hydrogen-bond acceptors (Lipinski definition) is 3. The molecule has 0 bridgehead atoms. The molecule has 100 valence electrons. The zero-order valence-electron chi connectivity index (χ0n) is 11.6. The Balaban J connectivity index is 2.82. The lowest BCUT2D eigenvalue weighted by Gasteiger charge is -2.28. The Morgan fingerprint density at radius 2 is 2.00 bits per heavy atom. The molecule has 1 rings (SSSR count). The normalized spacial score (nSPS) is 11.2. The van der Waals surface area contributed by atoms with E-state index < -0.39 is 5.41 Å². The van der Waals surface area contributed by atoms with E-state index in [4.69, 9.17) is 10.5 Å². The van der Waals surface area contributed by atoms with Crippen LogP contribution in [0.3, 0.4) is 0 Å². The SMILES string of the molecule is COc1ccccc1CN(C)C(=O)C(C)(C)CN. The first-order valence-electron chi connectivity index (χ1n) is 6.00. The van der Waals surface area contributed by atoms with Crippen LogP contribution in [0.25, 0.3) is 0 Å². The minimum Gasteiger partial charge on any atom is -0.496 e. The molecular formula is C14H22N2O2. The number of benzene rings is 1. The zero-order valence-corrected chi connectivity index (χ0v) is 11.6. The molecule has 0 fully saturated rings. The number of amides is 1. The summed E-state index contributed by atoms with van der Waals surface area (Å²) in [6.45, 7) is 4.57. The molecule has 0 saturated carbocycles. The van der Waals surface area contributed by atoms with Crippen molar-refractivity contribution in [3.63, 3.8) is 0 Å². The Hall–Kier alpha value is -1.55.